The smallest absolute Gasteiger partial charge is 0.248 e. The number of amides is 1. The zero-order valence-electron chi connectivity index (χ0n) is 13.3. The summed E-state index contributed by atoms with van der Waals surface area (Å²) in [6, 6.07) is 0. The second kappa shape index (κ2) is 6.63. The molecule has 5 nitrogen and oxygen atoms in total. The molecule has 3 aliphatic rings. The van der Waals surface area contributed by atoms with Crippen LogP contribution < -0.4 is 0 Å². The highest BCUT2D eigenvalue weighted by Crippen LogP contribution is 2.51. The second-order valence-electron chi connectivity index (χ2n) is 7.06. The minimum Gasteiger partial charge on any atom is -0.376 e. The van der Waals surface area contributed by atoms with Crippen LogP contribution in [0.1, 0.15) is 19.3 Å². The van der Waals surface area contributed by atoms with E-state index in [4.69, 9.17) is 9.47 Å². The number of nitrogens with zero attached hydrogens (tertiary/aromatic N) is 2. The summed E-state index contributed by atoms with van der Waals surface area (Å²) in [5.74, 6) is 2.43. The van der Waals surface area contributed by atoms with E-state index in [0.717, 1.165) is 56.8 Å². The van der Waals surface area contributed by atoms with Crippen molar-refractivity contribution >= 4 is 5.91 Å². The van der Waals surface area contributed by atoms with Crippen LogP contribution in [0.3, 0.4) is 0 Å². The Bertz CT molecular complexity index is 357. The third-order valence-corrected chi connectivity index (χ3v) is 5.10. The maximum atomic E-state index is 12.1. The fourth-order valence-corrected chi connectivity index (χ4v) is 3.85. The Morgan fingerprint density at radius 1 is 1.29 bits per heavy atom. The van der Waals surface area contributed by atoms with Gasteiger partial charge in [0.1, 0.15) is 6.61 Å². The van der Waals surface area contributed by atoms with E-state index in [1.54, 1.807) is 0 Å². The summed E-state index contributed by atoms with van der Waals surface area (Å²) in [6.45, 7) is 4.65. The van der Waals surface area contributed by atoms with Gasteiger partial charge in [-0.3, -0.25) is 4.79 Å². The molecular formula is C16H28N2O3. The van der Waals surface area contributed by atoms with Gasteiger partial charge in [-0.25, -0.2) is 0 Å². The standard InChI is InChI=1S/C16H28N2O3/c1-17(2)7-13-14-8-18(9-15(13)14)16(19)11-20-10-12-5-3-4-6-21-12/h12-15H,3-11H2,1-2H3/t12-,13?,14-,15+/m0/s1. The molecule has 0 aromatic carbocycles. The summed E-state index contributed by atoms with van der Waals surface area (Å²) >= 11 is 0. The Morgan fingerprint density at radius 2 is 2.05 bits per heavy atom. The van der Waals surface area contributed by atoms with Crippen LogP contribution in [-0.4, -0.2) is 75.4 Å². The van der Waals surface area contributed by atoms with Crippen molar-refractivity contribution in [2.75, 3.05) is 53.6 Å². The maximum Gasteiger partial charge on any atom is 0.248 e. The van der Waals surface area contributed by atoms with Gasteiger partial charge in [0.15, 0.2) is 0 Å². The van der Waals surface area contributed by atoms with Crippen molar-refractivity contribution in [1.29, 1.82) is 0 Å². The molecule has 0 aromatic rings. The van der Waals surface area contributed by atoms with E-state index in [1.165, 1.54) is 6.42 Å². The molecular weight excluding hydrogens is 268 g/mol. The molecule has 0 bridgehead atoms. The Labute approximate surface area is 127 Å². The molecule has 0 N–H and O–H groups in total. The molecule has 3 fully saturated rings. The zero-order valence-corrected chi connectivity index (χ0v) is 13.3. The van der Waals surface area contributed by atoms with E-state index < -0.39 is 0 Å². The molecule has 2 saturated heterocycles. The van der Waals surface area contributed by atoms with E-state index in [9.17, 15) is 4.79 Å². The molecule has 4 atom stereocenters. The first kappa shape index (κ1) is 15.3. The fraction of sp³-hybridized carbons (Fsp3) is 0.938. The van der Waals surface area contributed by atoms with Crippen LogP contribution in [0, 0.1) is 17.8 Å². The van der Waals surface area contributed by atoms with Gasteiger partial charge < -0.3 is 19.3 Å². The van der Waals surface area contributed by atoms with Crippen LogP contribution >= 0.6 is 0 Å². The number of fused-ring (bicyclic) bond motifs is 1. The monoisotopic (exact) mass is 296 g/mol. The van der Waals surface area contributed by atoms with E-state index in [1.807, 2.05) is 4.90 Å². The molecule has 2 heterocycles. The lowest BCUT2D eigenvalue weighted by Gasteiger charge is -2.24. The van der Waals surface area contributed by atoms with Crippen molar-refractivity contribution in [2.24, 2.45) is 17.8 Å². The van der Waals surface area contributed by atoms with Gasteiger partial charge in [0.05, 0.1) is 12.7 Å². The third kappa shape index (κ3) is 3.76. The Balaban J connectivity index is 1.31. The first-order valence-electron chi connectivity index (χ1n) is 8.27. The van der Waals surface area contributed by atoms with Crippen LogP contribution in [0.25, 0.3) is 0 Å². The summed E-state index contributed by atoms with van der Waals surface area (Å²) in [4.78, 5) is 16.4. The molecule has 0 aromatic heterocycles. The van der Waals surface area contributed by atoms with Gasteiger partial charge in [-0.1, -0.05) is 0 Å². The SMILES string of the molecule is CN(C)CC1[C@H]2CN(C(=O)COC[C@@H]3CCCCO3)C[C@@H]12. The number of hydrogen-bond donors (Lipinski definition) is 0. The van der Waals surface area contributed by atoms with Crippen LogP contribution in [0.5, 0.6) is 0 Å². The molecule has 1 unspecified atom stereocenters. The largest absolute Gasteiger partial charge is 0.376 e. The minimum atomic E-state index is 0.154. The molecule has 21 heavy (non-hydrogen) atoms. The Kier molecular flexibility index (Phi) is 4.82. The summed E-state index contributed by atoms with van der Waals surface area (Å²) in [7, 11) is 4.25. The highest BCUT2D eigenvalue weighted by Gasteiger charge is 2.56. The number of ether oxygens (including phenoxy) is 2. The van der Waals surface area contributed by atoms with E-state index in [-0.39, 0.29) is 18.6 Å². The average Bonchev–Trinajstić information content (AvgIpc) is 2.91. The third-order valence-electron chi connectivity index (χ3n) is 5.10. The van der Waals surface area contributed by atoms with Crippen LogP contribution in [0.2, 0.25) is 0 Å². The highest BCUT2D eigenvalue weighted by atomic mass is 16.5. The van der Waals surface area contributed by atoms with Gasteiger partial charge in [-0.05, 0) is 51.1 Å². The predicted octanol–water partition coefficient (Wildman–Crippen LogP) is 0.838. The first-order chi connectivity index (χ1) is 10.1. The summed E-state index contributed by atoms with van der Waals surface area (Å²) in [5, 5.41) is 0. The lowest BCUT2D eigenvalue weighted by atomic mass is 10.1. The molecule has 1 aliphatic carbocycles. The topological polar surface area (TPSA) is 42.0 Å². The Morgan fingerprint density at radius 3 is 2.67 bits per heavy atom. The highest BCUT2D eigenvalue weighted by molar-refractivity contribution is 5.78. The fourth-order valence-electron chi connectivity index (χ4n) is 3.85. The first-order valence-corrected chi connectivity index (χ1v) is 8.27. The molecule has 5 heteroatoms. The van der Waals surface area contributed by atoms with Gasteiger partial charge in [0, 0.05) is 26.2 Å². The molecule has 2 aliphatic heterocycles. The number of hydrogen-bond acceptors (Lipinski definition) is 4. The maximum absolute atomic E-state index is 12.1. The quantitative estimate of drug-likeness (QED) is 0.728. The van der Waals surface area contributed by atoms with Gasteiger partial charge >= 0.3 is 0 Å². The number of piperidine rings is 1. The number of likely N-dealkylation sites (tertiary alicyclic amines) is 1. The van der Waals surface area contributed by atoms with Crippen molar-refractivity contribution in [3.63, 3.8) is 0 Å². The second-order valence-corrected chi connectivity index (χ2v) is 7.06. The van der Waals surface area contributed by atoms with Crippen molar-refractivity contribution in [2.45, 2.75) is 25.4 Å². The summed E-state index contributed by atoms with van der Waals surface area (Å²) in [6.07, 6.45) is 3.63. The number of carbonyl (C=O) groups excluding carboxylic acids is 1. The minimum absolute atomic E-state index is 0.154. The lowest BCUT2D eigenvalue weighted by Crippen LogP contribution is -2.36. The molecule has 1 amide bonds. The Hall–Kier alpha value is -0.650. The zero-order chi connectivity index (χ0) is 14.8. The van der Waals surface area contributed by atoms with E-state index >= 15 is 0 Å². The van der Waals surface area contributed by atoms with Crippen molar-refractivity contribution in [3.05, 3.63) is 0 Å². The molecule has 1 saturated carbocycles. The molecule has 0 radical (unpaired) electrons. The summed E-state index contributed by atoms with van der Waals surface area (Å²) in [5.41, 5.74) is 0. The van der Waals surface area contributed by atoms with E-state index in [0.29, 0.717) is 6.61 Å². The van der Waals surface area contributed by atoms with Crippen LogP contribution in [0.15, 0.2) is 0 Å². The predicted molar refractivity (Wildman–Crippen MR) is 80.0 cm³/mol. The molecule has 0 spiro atoms. The van der Waals surface area contributed by atoms with Gasteiger partial charge in [-0.2, -0.15) is 0 Å². The van der Waals surface area contributed by atoms with Gasteiger partial charge in [-0.15, -0.1) is 0 Å². The van der Waals surface area contributed by atoms with Crippen molar-refractivity contribution in [3.8, 4) is 0 Å². The summed E-state index contributed by atoms with van der Waals surface area (Å²) < 4.78 is 11.2. The van der Waals surface area contributed by atoms with Gasteiger partial charge in [0.2, 0.25) is 5.91 Å². The molecule has 120 valence electrons. The number of rotatable bonds is 6. The number of carbonyl (C=O) groups is 1. The van der Waals surface area contributed by atoms with Crippen molar-refractivity contribution in [1.82, 2.24) is 9.80 Å². The average molecular weight is 296 g/mol. The normalized spacial score (nSPS) is 35.1. The van der Waals surface area contributed by atoms with Crippen LogP contribution in [0.4, 0.5) is 0 Å². The lowest BCUT2D eigenvalue weighted by molar-refractivity contribution is -0.137. The molecule has 3 rings (SSSR count). The van der Waals surface area contributed by atoms with Gasteiger partial charge in [0.25, 0.3) is 0 Å². The van der Waals surface area contributed by atoms with Crippen molar-refractivity contribution < 1.29 is 14.3 Å². The van der Waals surface area contributed by atoms with E-state index in [2.05, 4.69) is 19.0 Å². The van der Waals surface area contributed by atoms with Crippen LogP contribution in [-0.2, 0) is 14.3 Å².